The maximum absolute atomic E-state index is 13.1. The van der Waals surface area contributed by atoms with Crippen molar-refractivity contribution in [1.29, 1.82) is 0 Å². The van der Waals surface area contributed by atoms with Gasteiger partial charge in [-0.15, -0.1) is 0 Å². The van der Waals surface area contributed by atoms with Crippen LogP contribution in [-0.4, -0.2) is 23.5 Å². The van der Waals surface area contributed by atoms with Gasteiger partial charge in [0.15, 0.2) is 5.76 Å². The Morgan fingerprint density at radius 1 is 1.30 bits per heavy atom. The van der Waals surface area contributed by atoms with Gasteiger partial charge in [-0.05, 0) is 29.2 Å². The van der Waals surface area contributed by atoms with E-state index in [9.17, 15) is 18.0 Å². The fourth-order valence-corrected chi connectivity index (χ4v) is 2.64. The van der Waals surface area contributed by atoms with Crippen molar-refractivity contribution in [2.75, 3.05) is 0 Å². The molecule has 0 saturated heterocycles. The lowest BCUT2D eigenvalue weighted by Gasteiger charge is -2.29. The Morgan fingerprint density at radius 2 is 1.91 bits per heavy atom. The number of hydrogen-bond donors (Lipinski definition) is 1. The van der Waals surface area contributed by atoms with Crippen LogP contribution < -0.4 is 4.74 Å². The Labute approximate surface area is 135 Å². The molecule has 23 heavy (non-hydrogen) atoms. The molecular weight excluding hydrogens is 337 g/mol. The summed E-state index contributed by atoms with van der Waals surface area (Å²) < 4.78 is 48.4. The van der Waals surface area contributed by atoms with E-state index >= 15 is 0 Å². The fourth-order valence-electron chi connectivity index (χ4n) is 2.18. The van der Waals surface area contributed by atoms with Crippen LogP contribution in [0.1, 0.15) is 31.9 Å². The maximum Gasteiger partial charge on any atom is 0.511 e. The number of carboxylic acid groups (broad SMARTS) is 1. The van der Waals surface area contributed by atoms with Crippen molar-refractivity contribution in [2.45, 2.75) is 38.5 Å². The van der Waals surface area contributed by atoms with Gasteiger partial charge >= 0.3 is 12.3 Å². The highest BCUT2D eigenvalue weighted by molar-refractivity contribution is 6.31. The van der Waals surface area contributed by atoms with Gasteiger partial charge in [-0.1, -0.05) is 32.4 Å². The molecule has 0 saturated carbocycles. The monoisotopic (exact) mass is 350 g/mol. The smallest absolute Gasteiger partial charge is 0.472 e. The molecule has 1 atom stereocenters. The van der Waals surface area contributed by atoms with Gasteiger partial charge in [0.2, 0.25) is 0 Å². The number of carbonyl (C=O) groups is 1. The number of halogens is 4. The zero-order chi connectivity index (χ0) is 17.6. The molecule has 126 valence electrons. The van der Waals surface area contributed by atoms with E-state index in [0.717, 1.165) is 6.08 Å². The van der Waals surface area contributed by atoms with Crippen LogP contribution in [0.3, 0.4) is 0 Å². The summed E-state index contributed by atoms with van der Waals surface area (Å²) in [6.07, 6.45) is -8.18. The van der Waals surface area contributed by atoms with E-state index in [1.54, 1.807) is 0 Å². The van der Waals surface area contributed by atoms with Gasteiger partial charge in [0.05, 0.1) is 0 Å². The van der Waals surface area contributed by atoms with Crippen LogP contribution in [0.15, 0.2) is 17.9 Å². The molecule has 0 fully saturated rings. The zero-order valence-corrected chi connectivity index (χ0v) is 13.2. The van der Waals surface area contributed by atoms with Crippen LogP contribution in [0.4, 0.5) is 18.0 Å². The van der Waals surface area contributed by atoms with E-state index in [2.05, 4.69) is 4.74 Å². The van der Waals surface area contributed by atoms with Gasteiger partial charge in [-0.25, -0.2) is 4.79 Å². The Kier molecular flexibility index (Phi) is 4.28. The van der Waals surface area contributed by atoms with Crippen molar-refractivity contribution in [3.63, 3.8) is 0 Å². The minimum atomic E-state index is -4.82. The van der Waals surface area contributed by atoms with E-state index in [-0.39, 0.29) is 11.3 Å². The van der Waals surface area contributed by atoms with Crippen molar-refractivity contribution >= 4 is 23.8 Å². The Morgan fingerprint density at radius 3 is 2.39 bits per heavy atom. The molecule has 0 aromatic heterocycles. The van der Waals surface area contributed by atoms with E-state index in [4.69, 9.17) is 21.4 Å². The Bertz CT molecular complexity index is 675. The Hall–Kier alpha value is -1.89. The van der Waals surface area contributed by atoms with Crippen LogP contribution in [0.5, 0.6) is 5.75 Å². The molecule has 1 aromatic rings. The minimum Gasteiger partial charge on any atom is -0.472 e. The minimum absolute atomic E-state index is 0.0283. The average Bonchev–Trinajstić information content (AvgIpc) is 2.33. The molecule has 0 bridgehead atoms. The predicted molar refractivity (Wildman–Crippen MR) is 77.7 cm³/mol. The number of alkyl halides is 3. The molecule has 4 nitrogen and oxygen atoms in total. The summed E-state index contributed by atoms with van der Waals surface area (Å²) in [5.41, 5.74) is 0.444. The summed E-state index contributed by atoms with van der Waals surface area (Å²) in [5.74, 6) is -0.878. The predicted octanol–water partition coefficient (Wildman–Crippen LogP) is 5.00. The van der Waals surface area contributed by atoms with Gasteiger partial charge in [-0.2, -0.15) is 13.2 Å². The second-order valence-electron chi connectivity index (χ2n) is 6.07. The van der Waals surface area contributed by atoms with Gasteiger partial charge in [0, 0.05) is 10.6 Å². The normalized spacial score (nSPS) is 17.9. The van der Waals surface area contributed by atoms with Crippen molar-refractivity contribution in [1.82, 2.24) is 0 Å². The Balaban J connectivity index is 2.56. The summed E-state index contributed by atoms with van der Waals surface area (Å²) in [7, 11) is 0. The fraction of sp³-hybridized carbons (Fsp3) is 0.400. The van der Waals surface area contributed by atoms with Crippen molar-refractivity contribution in [3.8, 4) is 5.75 Å². The first-order valence-electron chi connectivity index (χ1n) is 6.59. The SMILES string of the molecule is CC(C)(C)c1cc2c(cc1Cl)C=C(OC(=O)O)C(C(F)(F)F)O2. The molecule has 1 heterocycles. The van der Waals surface area contributed by atoms with Crippen LogP contribution >= 0.6 is 11.6 Å². The molecule has 1 aromatic carbocycles. The third kappa shape index (κ3) is 3.72. The standard InChI is InChI=1S/C15H14ClF3O4/c1-14(2,3)8-6-10-7(4-9(8)16)5-11(23-13(20)21)12(22-10)15(17,18)19/h4-6,12H,1-3H3,(H,20,21). The van der Waals surface area contributed by atoms with E-state index in [1.165, 1.54) is 12.1 Å². The van der Waals surface area contributed by atoms with Crippen LogP contribution in [0.25, 0.3) is 6.08 Å². The second-order valence-corrected chi connectivity index (χ2v) is 6.48. The average molecular weight is 351 g/mol. The topological polar surface area (TPSA) is 55.8 Å². The summed E-state index contributed by atoms with van der Waals surface area (Å²) in [6.45, 7) is 5.58. The molecule has 0 amide bonds. The van der Waals surface area contributed by atoms with Gasteiger partial charge in [-0.3, -0.25) is 0 Å². The molecule has 0 radical (unpaired) electrons. The highest BCUT2D eigenvalue weighted by Crippen LogP contribution is 2.42. The molecule has 1 aliphatic rings. The first-order chi connectivity index (χ1) is 10.4. The van der Waals surface area contributed by atoms with Crippen LogP contribution in [-0.2, 0) is 10.2 Å². The first-order valence-corrected chi connectivity index (χ1v) is 6.97. The quantitative estimate of drug-likeness (QED) is 0.724. The summed E-state index contributed by atoms with van der Waals surface area (Å²) >= 11 is 6.16. The van der Waals surface area contributed by atoms with E-state index in [1.807, 2.05) is 20.8 Å². The number of rotatable bonds is 1. The molecule has 2 rings (SSSR count). The highest BCUT2D eigenvalue weighted by atomic mass is 35.5. The molecule has 1 aliphatic heterocycles. The van der Waals surface area contributed by atoms with E-state index < -0.39 is 29.6 Å². The third-order valence-electron chi connectivity index (χ3n) is 3.21. The van der Waals surface area contributed by atoms with Crippen molar-refractivity contribution in [2.24, 2.45) is 0 Å². The van der Waals surface area contributed by atoms with Crippen LogP contribution in [0.2, 0.25) is 5.02 Å². The van der Waals surface area contributed by atoms with E-state index in [0.29, 0.717) is 10.6 Å². The lowest BCUT2D eigenvalue weighted by molar-refractivity contribution is -0.191. The van der Waals surface area contributed by atoms with Gasteiger partial charge < -0.3 is 14.6 Å². The molecule has 0 aliphatic carbocycles. The summed E-state index contributed by atoms with van der Waals surface area (Å²) in [5, 5.41) is 8.93. The van der Waals surface area contributed by atoms with Gasteiger partial charge in [0.1, 0.15) is 5.75 Å². The highest BCUT2D eigenvalue weighted by Gasteiger charge is 2.48. The van der Waals surface area contributed by atoms with Crippen LogP contribution in [0, 0.1) is 0 Å². The molecular formula is C15H14ClF3O4. The number of ether oxygens (including phenoxy) is 2. The largest absolute Gasteiger partial charge is 0.511 e. The molecule has 1 unspecified atom stereocenters. The molecule has 8 heteroatoms. The summed E-state index contributed by atoms with van der Waals surface area (Å²) in [6, 6.07) is 2.86. The number of benzene rings is 1. The number of fused-ring (bicyclic) bond motifs is 1. The maximum atomic E-state index is 13.1. The molecule has 0 spiro atoms. The lowest BCUT2D eigenvalue weighted by atomic mass is 9.86. The molecule has 1 N–H and O–H groups in total. The lowest BCUT2D eigenvalue weighted by Crippen LogP contribution is -2.39. The van der Waals surface area contributed by atoms with Crippen molar-refractivity contribution in [3.05, 3.63) is 34.0 Å². The zero-order valence-electron chi connectivity index (χ0n) is 12.5. The van der Waals surface area contributed by atoms with Crippen molar-refractivity contribution < 1.29 is 32.5 Å². The van der Waals surface area contributed by atoms with Gasteiger partial charge in [0.25, 0.3) is 6.10 Å². The summed E-state index contributed by atoms with van der Waals surface area (Å²) in [4.78, 5) is 10.6. The number of hydrogen-bond acceptors (Lipinski definition) is 3. The third-order valence-corrected chi connectivity index (χ3v) is 3.52. The first kappa shape index (κ1) is 17.5. The second kappa shape index (κ2) is 5.63.